The van der Waals surface area contributed by atoms with Crippen LogP contribution < -0.4 is 0 Å². The predicted octanol–water partition coefficient (Wildman–Crippen LogP) is 10.4. The fourth-order valence-corrected chi connectivity index (χ4v) is 7.00. The van der Waals surface area contributed by atoms with Gasteiger partial charge in [-0.15, -0.1) is 0 Å². The zero-order valence-corrected chi connectivity index (χ0v) is 37.2. The summed E-state index contributed by atoms with van der Waals surface area (Å²) in [5.41, 5.74) is 0. The van der Waals surface area contributed by atoms with Gasteiger partial charge in [-0.2, -0.15) is 0 Å². The Morgan fingerprint density at radius 1 is 0.542 bits per heavy atom. The van der Waals surface area contributed by atoms with Gasteiger partial charge in [-0.05, 0) is 51.4 Å². The number of ether oxygens (including phenoxy) is 4. The Hall–Kier alpha value is -2.34. The van der Waals surface area contributed by atoms with Crippen molar-refractivity contribution in [3.8, 4) is 0 Å². The summed E-state index contributed by atoms with van der Waals surface area (Å²) in [6.45, 7) is 3.30. The summed E-state index contributed by atoms with van der Waals surface area (Å²) < 4.78 is 22.2. The van der Waals surface area contributed by atoms with Crippen molar-refractivity contribution in [1.29, 1.82) is 0 Å². The molecular formula is C49H86O10. The van der Waals surface area contributed by atoms with Gasteiger partial charge in [0.25, 0.3) is 0 Å². The maximum Gasteiger partial charge on any atom is 0.306 e. The number of rotatable bonds is 39. The lowest BCUT2D eigenvalue weighted by Crippen LogP contribution is -2.59. The summed E-state index contributed by atoms with van der Waals surface area (Å²) in [4.78, 5) is 25.4. The van der Waals surface area contributed by atoms with Crippen molar-refractivity contribution in [2.24, 2.45) is 0 Å². The normalized spacial score (nSPS) is 20.4. The van der Waals surface area contributed by atoms with Crippen LogP contribution in [0.5, 0.6) is 0 Å². The second kappa shape index (κ2) is 39.8. The van der Waals surface area contributed by atoms with Crippen molar-refractivity contribution < 1.29 is 49.0 Å². The molecule has 59 heavy (non-hydrogen) atoms. The average molecular weight is 835 g/mol. The molecule has 0 amide bonds. The molecule has 1 fully saturated rings. The van der Waals surface area contributed by atoms with Gasteiger partial charge in [0.15, 0.2) is 12.4 Å². The minimum absolute atomic E-state index is 0.202. The first-order valence-corrected chi connectivity index (χ1v) is 23.7. The second-order valence-electron chi connectivity index (χ2n) is 16.2. The van der Waals surface area contributed by atoms with E-state index in [0.717, 1.165) is 70.6 Å². The zero-order chi connectivity index (χ0) is 43.0. The summed E-state index contributed by atoms with van der Waals surface area (Å²) in [6.07, 6.45) is 39.7. The highest BCUT2D eigenvalue weighted by Crippen LogP contribution is 2.23. The Morgan fingerprint density at radius 3 is 1.51 bits per heavy atom. The van der Waals surface area contributed by atoms with Crippen LogP contribution >= 0.6 is 0 Å². The molecule has 10 heteroatoms. The van der Waals surface area contributed by atoms with Crippen LogP contribution in [0, 0.1) is 0 Å². The maximum absolute atomic E-state index is 12.8. The third kappa shape index (κ3) is 31.2. The molecule has 6 unspecified atom stereocenters. The zero-order valence-electron chi connectivity index (χ0n) is 37.2. The largest absolute Gasteiger partial charge is 0.462 e. The molecule has 1 heterocycles. The number of aliphatic hydroxyl groups is 4. The summed E-state index contributed by atoms with van der Waals surface area (Å²) >= 11 is 0. The van der Waals surface area contributed by atoms with Crippen LogP contribution in [-0.4, -0.2) is 89.0 Å². The van der Waals surface area contributed by atoms with Gasteiger partial charge in [-0.3, -0.25) is 9.59 Å². The molecule has 1 aliphatic heterocycles. The summed E-state index contributed by atoms with van der Waals surface area (Å²) in [5, 5.41) is 40.1. The number of carbonyl (C=O) groups excluding carboxylic acids is 2. The number of hydrogen-bond donors (Lipinski definition) is 4. The molecule has 0 radical (unpaired) electrons. The van der Waals surface area contributed by atoms with E-state index >= 15 is 0 Å². The van der Waals surface area contributed by atoms with Gasteiger partial charge in [0, 0.05) is 12.8 Å². The van der Waals surface area contributed by atoms with Gasteiger partial charge < -0.3 is 39.4 Å². The van der Waals surface area contributed by atoms with Crippen LogP contribution in [0.4, 0.5) is 0 Å². The van der Waals surface area contributed by atoms with Gasteiger partial charge >= 0.3 is 11.9 Å². The molecule has 1 aliphatic rings. The van der Waals surface area contributed by atoms with E-state index in [1.54, 1.807) is 0 Å². The molecular weight excluding hydrogens is 749 g/mol. The average Bonchev–Trinajstić information content (AvgIpc) is 3.23. The fourth-order valence-electron chi connectivity index (χ4n) is 7.00. The summed E-state index contributed by atoms with van der Waals surface area (Å²) in [7, 11) is 0. The smallest absolute Gasteiger partial charge is 0.306 e. The number of carbonyl (C=O) groups is 2. The molecule has 0 aliphatic carbocycles. The Kier molecular flexibility index (Phi) is 36.9. The van der Waals surface area contributed by atoms with Crippen LogP contribution in [0.1, 0.15) is 194 Å². The fraction of sp³-hybridized carbons (Fsp3) is 0.796. The van der Waals surface area contributed by atoms with E-state index in [4.69, 9.17) is 18.9 Å². The van der Waals surface area contributed by atoms with E-state index in [9.17, 15) is 30.0 Å². The molecule has 0 bridgehead atoms. The number of allylic oxidation sites excluding steroid dienone is 8. The molecule has 10 nitrogen and oxygen atoms in total. The topological polar surface area (TPSA) is 152 Å². The minimum Gasteiger partial charge on any atom is -0.462 e. The molecule has 1 rings (SSSR count). The van der Waals surface area contributed by atoms with E-state index in [-0.39, 0.29) is 32.0 Å². The van der Waals surface area contributed by atoms with Gasteiger partial charge in [0.05, 0.1) is 13.2 Å². The van der Waals surface area contributed by atoms with Gasteiger partial charge in [0.1, 0.15) is 31.0 Å². The van der Waals surface area contributed by atoms with Crippen molar-refractivity contribution in [2.75, 3.05) is 19.8 Å². The third-order valence-corrected chi connectivity index (χ3v) is 10.7. The molecule has 0 aromatic heterocycles. The lowest BCUT2D eigenvalue weighted by Gasteiger charge is -2.39. The number of esters is 2. The molecule has 342 valence electrons. The van der Waals surface area contributed by atoms with Crippen molar-refractivity contribution >= 4 is 11.9 Å². The summed E-state index contributed by atoms with van der Waals surface area (Å²) in [5.74, 6) is -0.830. The predicted molar refractivity (Wildman–Crippen MR) is 238 cm³/mol. The SMILES string of the molecule is CC/C=C\C/C=C\C/C=C\C/C=C\CCCCCCC(=O)OC(COC(=O)CCCCCCCCCCCCCCCCCCC)COC1OC(CO)C(O)C(O)C1O. The standard InChI is InChI=1S/C49H86O10/c1-3-5-7-9-11-13-15-17-19-21-23-25-27-29-31-33-35-37-44(51)56-40-42(41-57-49-48(55)47(54)46(53)43(39-50)59-49)58-45(52)38-36-34-32-30-28-26-24-22-20-18-16-14-12-10-8-6-4-2/h6,8,12,14,18,20,24,26,42-43,46-50,53-55H,3-5,7,9-11,13,15-17,19,21-23,25,27-41H2,1-2H3/b8-6-,14-12-,20-18-,26-24-. The number of aliphatic hydroxyl groups excluding tert-OH is 4. The van der Waals surface area contributed by atoms with E-state index in [1.165, 1.54) is 89.9 Å². The quantitative estimate of drug-likeness (QED) is 0.0267. The van der Waals surface area contributed by atoms with Gasteiger partial charge in [-0.1, -0.05) is 178 Å². The summed E-state index contributed by atoms with van der Waals surface area (Å²) in [6, 6.07) is 0. The Bertz CT molecular complexity index is 1100. The molecule has 1 saturated heterocycles. The molecule has 0 saturated carbocycles. The molecule has 0 spiro atoms. The van der Waals surface area contributed by atoms with Crippen LogP contribution in [0.15, 0.2) is 48.6 Å². The van der Waals surface area contributed by atoms with Crippen molar-refractivity contribution in [1.82, 2.24) is 0 Å². The van der Waals surface area contributed by atoms with Crippen molar-refractivity contribution in [3.05, 3.63) is 48.6 Å². The number of unbranched alkanes of at least 4 members (excludes halogenated alkanes) is 20. The monoisotopic (exact) mass is 835 g/mol. The van der Waals surface area contributed by atoms with Crippen molar-refractivity contribution in [3.63, 3.8) is 0 Å². The molecule has 0 aromatic carbocycles. The van der Waals surface area contributed by atoms with Crippen LogP contribution in [0.25, 0.3) is 0 Å². The highest BCUT2D eigenvalue weighted by Gasteiger charge is 2.44. The van der Waals surface area contributed by atoms with E-state index in [2.05, 4.69) is 62.5 Å². The molecule has 4 N–H and O–H groups in total. The van der Waals surface area contributed by atoms with Crippen LogP contribution in [0.2, 0.25) is 0 Å². The first-order valence-electron chi connectivity index (χ1n) is 23.7. The maximum atomic E-state index is 12.8. The highest BCUT2D eigenvalue weighted by atomic mass is 16.7. The van der Waals surface area contributed by atoms with E-state index in [0.29, 0.717) is 6.42 Å². The number of hydrogen-bond acceptors (Lipinski definition) is 10. The minimum atomic E-state index is -1.60. The highest BCUT2D eigenvalue weighted by molar-refractivity contribution is 5.70. The van der Waals surface area contributed by atoms with Crippen LogP contribution in [0.3, 0.4) is 0 Å². The van der Waals surface area contributed by atoms with E-state index < -0.39 is 49.4 Å². The van der Waals surface area contributed by atoms with Crippen LogP contribution in [-0.2, 0) is 28.5 Å². The Balaban J connectivity index is 2.32. The molecule has 6 atom stereocenters. The lowest BCUT2D eigenvalue weighted by atomic mass is 9.99. The lowest BCUT2D eigenvalue weighted by molar-refractivity contribution is -0.305. The van der Waals surface area contributed by atoms with E-state index in [1.807, 2.05) is 0 Å². The van der Waals surface area contributed by atoms with Crippen molar-refractivity contribution in [2.45, 2.75) is 230 Å². The van der Waals surface area contributed by atoms with Gasteiger partial charge in [0.2, 0.25) is 0 Å². The van der Waals surface area contributed by atoms with Gasteiger partial charge in [-0.25, -0.2) is 0 Å². The first kappa shape index (κ1) is 54.7. The Morgan fingerprint density at radius 2 is 1.00 bits per heavy atom. The Labute approximate surface area is 358 Å². The second-order valence-corrected chi connectivity index (χ2v) is 16.2. The molecule has 0 aromatic rings. The third-order valence-electron chi connectivity index (χ3n) is 10.7. The first-order chi connectivity index (χ1) is 28.8.